The van der Waals surface area contributed by atoms with E-state index in [2.05, 4.69) is 63.6 Å². The van der Waals surface area contributed by atoms with Crippen LogP contribution in [0.2, 0.25) is 0 Å². The van der Waals surface area contributed by atoms with E-state index >= 15 is 0 Å². The van der Waals surface area contributed by atoms with Crippen molar-refractivity contribution in [3.63, 3.8) is 0 Å². The number of rotatable bonds is 3. The average Bonchev–Trinajstić information content (AvgIpc) is 2.59. The molecule has 114 valence electrons. The SMILES string of the molecule is Cc1nn(C(C)C)c(C)c1NC1CCC(C)(C)CC1C. The lowest BCUT2D eigenvalue weighted by Gasteiger charge is -2.40. The second kappa shape index (κ2) is 5.42. The lowest BCUT2D eigenvalue weighted by molar-refractivity contribution is 0.177. The molecule has 1 aliphatic rings. The van der Waals surface area contributed by atoms with Crippen molar-refractivity contribution in [3.05, 3.63) is 11.4 Å². The third-order valence-corrected chi connectivity index (χ3v) is 4.84. The highest BCUT2D eigenvalue weighted by atomic mass is 15.3. The maximum absolute atomic E-state index is 4.68. The highest BCUT2D eigenvalue weighted by Gasteiger charge is 2.33. The van der Waals surface area contributed by atoms with E-state index in [0.717, 1.165) is 11.6 Å². The van der Waals surface area contributed by atoms with Gasteiger partial charge >= 0.3 is 0 Å². The van der Waals surface area contributed by atoms with Gasteiger partial charge in [-0.3, -0.25) is 4.68 Å². The van der Waals surface area contributed by atoms with Crippen LogP contribution in [0.1, 0.15) is 71.3 Å². The predicted octanol–water partition coefficient (Wildman–Crippen LogP) is 4.71. The Balaban J connectivity index is 2.15. The Morgan fingerprint density at radius 3 is 2.45 bits per heavy atom. The molecule has 0 bridgehead atoms. The number of hydrogen-bond acceptors (Lipinski definition) is 2. The fourth-order valence-corrected chi connectivity index (χ4v) is 3.72. The molecule has 1 aromatic rings. The van der Waals surface area contributed by atoms with Crippen LogP contribution in [0, 0.1) is 25.2 Å². The molecule has 1 saturated carbocycles. The Bertz CT molecular complexity index is 471. The van der Waals surface area contributed by atoms with Crippen molar-refractivity contribution in [1.29, 1.82) is 0 Å². The maximum Gasteiger partial charge on any atom is 0.0828 e. The zero-order valence-corrected chi connectivity index (χ0v) is 14.2. The van der Waals surface area contributed by atoms with Crippen LogP contribution < -0.4 is 5.32 Å². The topological polar surface area (TPSA) is 29.9 Å². The van der Waals surface area contributed by atoms with Crippen molar-refractivity contribution in [2.45, 2.75) is 79.8 Å². The molecule has 1 aliphatic carbocycles. The lowest BCUT2D eigenvalue weighted by Crippen LogP contribution is -2.37. The Kier molecular flexibility index (Phi) is 4.17. The van der Waals surface area contributed by atoms with E-state index in [-0.39, 0.29) is 0 Å². The van der Waals surface area contributed by atoms with Gasteiger partial charge in [-0.05, 0) is 58.3 Å². The Morgan fingerprint density at radius 2 is 1.95 bits per heavy atom. The van der Waals surface area contributed by atoms with Crippen molar-refractivity contribution < 1.29 is 0 Å². The zero-order chi connectivity index (χ0) is 15.1. The van der Waals surface area contributed by atoms with Crippen LogP contribution in [0.15, 0.2) is 0 Å². The maximum atomic E-state index is 4.68. The molecule has 0 amide bonds. The number of nitrogens with zero attached hydrogens (tertiary/aromatic N) is 2. The minimum absolute atomic E-state index is 0.423. The molecule has 0 aromatic carbocycles. The number of anilines is 1. The molecule has 2 rings (SSSR count). The summed E-state index contributed by atoms with van der Waals surface area (Å²) in [7, 11) is 0. The molecule has 0 radical (unpaired) electrons. The van der Waals surface area contributed by atoms with Crippen LogP contribution in [-0.4, -0.2) is 15.8 Å². The number of nitrogens with one attached hydrogen (secondary N) is 1. The summed E-state index contributed by atoms with van der Waals surface area (Å²) < 4.78 is 2.13. The fraction of sp³-hybridized carbons (Fsp3) is 0.824. The molecule has 0 aliphatic heterocycles. The van der Waals surface area contributed by atoms with Crippen LogP contribution in [0.4, 0.5) is 5.69 Å². The van der Waals surface area contributed by atoms with Crippen molar-refractivity contribution in [3.8, 4) is 0 Å². The molecule has 1 N–H and O–H groups in total. The van der Waals surface area contributed by atoms with E-state index in [9.17, 15) is 0 Å². The summed E-state index contributed by atoms with van der Waals surface area (Å²) in [6.45, 7) is 15.9. The summed E-state index contributed by atoms with van der Waals surface area (Å²) in [6, 6.07) is 1.01. The molecule has 3 heteroatoms. The second-order valence-corrected chi connectivity index (χ2v) is 7.72. The van der Waals surface area contributed by atoms with Gasteiger partial charge in [0.1, 0.15) is 0 Å². The standard InChI is InChI=1S/C17H31N3/c1-11(2)20-14(5)16(13(4)19-20)18-15-8-9-17(6,7)10-12(15)3/h11-12,15,18H,8-10H2,1-7H3. The summed E-state index contributed by atoms with van der Waals surface area (Å²) in [4.78, 5) is 0. The number of hydrogen-bond donors (Lipinski definition) is 1. The normalized spacial score (nSPS) is 26.0. The van der Waals surface area contributed by atoms with Gasteiger partial charge in [0.25, 0.3) is 0 Å². The first-order valence-corrected chi connectivity index (χ1v) is 8.03. The molecule has 1 fully saturated rings. The Hall–Kier alpha value is -0.990. The van der Waals surface area contributed by atoms with Crippen molar-refractivity contribution in [1.82, 2.24) is 9.78 Å². The van der Waals surface area contributed by atoms with E-state index in [1.54, 1.807) is 0 Å². The predicted molar refractivity (Wildman–Crippen MR) is 86.3 cm³/mol. The Morgan fingerprint density at radius 1 is 1.30 bits per heavy atom. The summed E-state index contributed by atoms with van der Waals surface area (Å²) >= 11 is 0. The van der Waals surface area contributed by atoms with Gasteiger partial charge in [0.15, 0.2) is 0 Å². The van der Waals surface area contributed by atoms with E-state index in [1.165, 1.54) is 30.6 Å². The molecule has 2 unspecified atom stereocenters. The molecule has 1 heterocycles. The largest absolute Gasteiger partial charge is 0.379 e. The number of aryl methyl sites for hydroxylation is 1. The highest BCUT2D eigenvalue weighted by Crippen LogP contribution is 2.40. The first kappa shape index (κ1) is 15.4. The molecule has 0 spiro atoms. The van der Waals surface area contributed by atoms with E-state index < -0.39 is 0 Å². The van der Waals surface area contributed by atoms with Gasteiger partial charge in [0, 0.05) is 12.1 Å². The zero-order valence-electron chi connectivity index (χ0n) is 14.2. The summed E-state index contributed by atoms with van der Waals surface area (Å²) in [6.07, 6.45) is 3.88. The molecular weight excluding hydrogens is 246 g/mol. The first-order valence-electron chi connectivity index (χ1n) is 8.03. The average molecular weight is 277 g/mol. The number of aromatic nitrogens is 2. The van der Waals surface area contributed by atoms with E-state index in [1.807, 2.05) is 0 Å². The van der Waals surface area contributed by atoms with Gasteiger partial charge in [-0.2, -0.15) is 5.10 Å². The minimum Gasteiger partial charge on any atom is -0.379 e. The summed E-state index contributed by atoms with van der Waals surface area (Å²) in [5, 5.41) is 8.48. The lowest BCUT2D eigenvalue weighted by atomic mass is 9.70. The van der Waals surface area contributed by atoms with Crippen molar-refractivity contribution >= 4 is 5.69 Å². The third kappa shape index (κ3) is 3.02. The molecule has 20 heavy (non-hydrogen) atoms. The highest BCUT2D eigenvalue weighted by molar-refractivity contribution is 5.53. The smallest absolute Gasteiger partial charge is 0.0828 e. The van der Waals surface area contributed by atoms with Crippen LogP contribution in [-0.2, 0) is 0 Å². The fourth-order valence-electron chi connectivity index (χ4n) is 3.72. The molecule has 0 saturated heterocycles. The third-order valence-electron chi connectivity index (χ3n) is 4.84. The first-order chi connectivity index (χ1) is 9.21. The van der Waals surface area contributed by atoms with Crippen LogP contribution >= 0.6 is 0 Å². The molecule has 3 nitrogen and oxygen atoms in total. The van der Waals surface area contributed by atoms with Gasteiger partial charge in [0.05, 0.1) is 17.1 Å². The van der Waals surface area contributed by atoms with E-state index in [4.69, 9.17) is 0 Å². The van der Waals surface area contributed by atoms with Crippen LogP contribution in [0.25, 0.3) is 0 Å². The van der Waals surface area contributed by atoms with Gasteiger partial charge in [-0.1, -0.05) is 20.8 Å². The van der Waals surface area contributed by atoms with Crippen LogP contribution in [0.3, 0.4) is 0 Å². The molecule has 1 aromatic heterocycles. The monoisotopic (exact) mass is 277 g/mol. The quantitative estimate of drug-likeness (QED) is 0.867. The minimum atomic E-state index is 0.423. The van der Waals surface area contributed by atoms with Crippen molar-refractivity contribution in [2.75, 3.05) is 5.32 Å². The summed E-state index contributed by atoms with van der Waals surface area (Å²) in [5.41, 5.74) is 4.17. The Labute approximate surface area is 124 Å². The molecular formula is C17H31N3. The van der Waals surface area contributed by atoms with Gasteiger partial charge in [-0.25, -0.2) is 0 Å². The summed E-state index contributed by atoms with van der Waals surface area (Å²) in [5.74, 6) is 0.722. The van der Waals surface area contributed by atoms with Crippen molar-refractivity contribution in [2.24, 2.45) is 11.3 Å². The second-order valence-electron chi connectivity index (χ2n) is 7.72. The van der Waals surface area contributed by atoms with Gasteiger partial charge < -0.3 is 5.32 Å². The van der Waals surface area contributed by atoms with Gasteiger partial charge in [0.2, 0.25) is 0 Å². The van der Waals surface area contributed by atoms with Crippen LogP contribution in [0.5, 0.6) is 0 Å². The molecule has 2 atom stereocenters. The van der Waals surface area contributed by atoms with E-state index in [0.29, 0.717) is 17.5 Å². The van der Waals surface area contributed by atoms with Gasteiger partial charge in [-0.15, -0.1) is 0 Å².